The Hall–Kier alpha value is -2.24. The second-order valence-corrected chi connectivity index (χ2v) is 10.6. The van der Waals surface area contributed by atoms with Gasteiger partial charge in [0.25, 0.3) is 5.69 Å². The highest BCUT2D eigenvalue weighted by molar-refractivity contribution is 5.92. The maximum atomic E-state index is 13.4. The van der Waals surface area contributed by atoms with Gasteiger partial charge < -0.3 is 4.74 Å². The van der Waals surface area contributed by atoms with E-state index in [0.717, 1.165) is 50.5 Å². The summed E-state index contributed by atoms with van der Waals surface area (Å²) in [5.41, 5.74) is 0.222. The Kier molecular flexibility index (Phi) is 5.69. The van der Waals surface area contributed by atoms with Crippen LogP contribution in [0, 0.1) is 33.3 Å². The molecule has 0 radical (unpaired) electrons. The minimum Gasteiger partial charge on any atom is -0.462 e. The second kappa shape index (κ2) is 8.03. The van der Waals surface area contributed by atoms with Gasteiger partial charge in [0.1, 0.15) is 11.9 Å². The lowest BCUT2D eigenvalue weighted by Gasteiger charge is -2.51. The Bertz CT molecular complexity index is 876. The molecule has 1 aromatic carbocycles. The number of nitro groups is 1. The number of hydrogen-bond donors (Lipinski definition) is 0. The molecule has 3 aliphatic rings. The Labute approximate surface area is 183 Å². The quantitative estimate of drug-likeness (QED) is 0.358. The Morgan fingerprint density at radius 2 is 1.87 bits per heavy atom. The summed E-state index contributed by atoms with van der Waals surface area (Å²) in [7, 11) is 0. The van der Waals surface area contributed by atoms with Gasteiger partial charge in [-0.3, -0.25) is 19.7 Å². The number of nitrogens with zero attached hydrogens (tertiary/aromatic N) is 1. The molecule has 0 aliphatic heterocycles. The smallest absolute Gasteiger partial charge is 0.313 e. The zero-order valence-corrected chi connectivity index (χ0v) is 18.8. The van der Waals surface area contributed by atoms with E-state index in [0.29, 0.717) is 12.3 Å². The number of ketones is 1. The van der Waals surface area contributed by atoms with Gasteiger partial charge in [0.15, 0.2) is 0 Å². The van der Waals surface area contributed by atoms with Crippen molar-refractivity contribution in [2.75, 3.05) is 0 Å². The van der Waals surface area contributed by atoms with E-state index in [1.54, 1.807) is 12.1 Å². The first-order valence-electron chi connectivity index (χ1n) is 11.6. The van der Waals surface area contributed by atoms with Crippen molar-refractivity contribution in [2.45, 2.75) is 83.7 Å². The predicted octanol–water partition coefficient (Wildman–Crippen LogP) is 5.37. The van der Waals surface area contributed by atoms with Crippen molar-refractivity contribution in [2.24, 2.45) is 23.2 Å². The van der Waals surface area contributed by atoms with Crippen molar-refractivity contribution in [3.8, 4) is 0 Å². The molecule has 0 aromatic heterocycles. The minimum absolute atomic E-state index is 0.0804. The zero-order chi connectivity index (χ0) is 22.4. The highest BCUT2D eigenvalue weighted by Crippen LogP contribution is 2.55. The number of ether oxygens (including phenoxy) is 1. The van der Waals surface area contributed by atoms with Crippen LogP contribution in [-0.4, -0.2) is 22.8 Å². The van der Waals surface area contributed by atoms with E-state index in [9.17, 15) is 19.7 Å². The molecule has 3 fully saturated rings. The largest absolute Gasteiger partial charge is 0.462 e. The number of esters is 1. The van der Waals surface area contributed by atoms with Crippen molar-refractivity contribution in [3.05, 3.63) is 39.9 Å². The van der Waals surface area contributed by atoms with Crippen molar-refractivity contribution in [1.82, 2.24) is 0 Å². The predicted molar refractivity (Wildman–Crippen MR) is 117 cm³/mol. The van der Waals surface area contributed by atoms with Crippen molar-refractivity contribution >= 4 is 17.4 Å². The Morgan fingerprint density at radius 3 is 2.48 bits per heavy atom. The number of fused-ring (bicyclic) bond motifs is 1. The number of Topliss-reactive ketones (excluding diaryl/α,β-unsaturated/α-hetero) is 1. The van der Waals surface area contributed by atoms with Gasteiger partial charge in [0, 0.05) is 30.4 Å². The van der Waals surface area contributed by atoms with Gasteiger partial charge >= 0.3 is 5.97 Å². The fourth-order valence-electron chi connectivity index (χ4n) is 6.27. The molecule has 4 rings (SSSR count). The monoisotopic (exact) mass is 427 g/mol. The van der Waals surface area contributed by atoms with E-state index in [1.165, 1.54) is 0 Å². The van der Waals surface area contributed by atoms with Crippen LogP contribution in [-0.2, 0) is 19.7 Å². The molecule has 3 aliphatic carbocycles. The Balaban J connectivity index is 1.56. The maximum Gasteiger partial charge on any atom is 0.313 e. The fraction of sp³-hybridized carbons (Fsp3) is 0.680. The van der Waals surface area contributed by atoms with Crippen LogP contribution < -0.4 is 0 Å². The van der Waals surface area contributed by atoms with Crippen LogP contribution in [0.25, 0.3) is 0 Å². The molecule has 0 heterocycles. The second-order valence-electron chi connectivity index (χ2n) is 10.6. The standard InChI is InChI=1S/C25H33NO5/c1-16-6-11-20(24(2,3)17-7-9-18(10-8-17)26(29)30)22(15-16)31-23(28)25-13-4-5-21(27)19(25)12-14-25/h7-10,16,19-20,22H,4-6,11-15H2,1-3H3/t16-,19+,20-,22-,25-/m1/s1. The van der Waals surface area contributed by atoms with Crippen molar-refractivity contribution in [3.63, 3.8) is 0 Å². The third kappa shape index (κ3) is 3.79. The maximum absolute atomic E-state index is 13.4. The van der Waals surface area contributed by atoms with Crippen LogP contribution in [0.15, 0.2) is 24.3 Å². The fourth-order valence-corrected chi connectivity index (χ4v) is 6.27. The third-order valence-electron chi connectivity index (χ3n) is 8.45. The van der Waals surface area contributed by atoms with E-state index in [2.05, 4.69) is 20.8 Å². The summed E-state index contributed by atoms with van der Waals surface area (Å²) in [6, 6.07) is 6.76. The van der Waals surface area contributed by atoms with Gasteiger partial charge in [-0.15, -0.1) is 0 Å². The molecule has 6 heteroatoms. The lowest BCUT2D eigenvalue weighted by Crippen LogP contribution is -2.55. The zero-order valence-electron chi connectivity index (χ0n) is 18.8. The average Bonchev–Trinajstić information content (AvgIpc) is 2.69. The summed E-state index contributed by atoms with van der Waals surface area (Å²) in [4.78, 5) is 36.4. The lowest BCUT2D eigenvalue weighted by molar-refractivity contribution is -0.384. The highest BCUT2D eigenvalue weighted by atomic mass is 16.6. The molecule has 3 saturated carbocycles. The van der Waals surface area contributed by atoms with Crippen LogP contribution in [0.5, 0.6) is 0 Å². The molecule has 1 aromatic rings. The summed E-state index contributed by atoms with van der Waals surface area (Å²) in [5, 5.41) is 11.0. The first-order valence-corrected chi connectivity index (χ1v) is 11.6. The van der Waals surface area contributed by atoms with Crippen LogP contribution in [0.4, 0.5) is 5.69 Å². The first kappa shape index (κ1) is 22.0. The molecule has 0 saturated heterocycles. The van der Waals surface area contributed by atoms with Crippen LogP contribution >= 0.6 is 0 Å². The van der Waals surface area contributed by atoms with Gasteiger partial charge in [0.2, 0.25) is 0 Å². The van der Waals surface area contributed by atoms with Gasteiger partial charge in [-0.25, -0.2) is 0 Å². The topological polar surface area (TPSA) is 86.5 Å². The van der Waals surface area contributed by atoms with E-state index in [4.69, 9.17) is 4.74 Å². The number of benzene rings is 1. The van der Waals surface area contributed by atoms with E-state index >= 15 is 0 Å². The van der Waals surface area contributed by atoms with E-state index in [1.807, 2.05) is 12.1 Å². The molecule has 31 heavy (non-hydrogen) atoms. The number of nitro benzene ring substituents is 1. The van der Waals surface area contributed by atoms with Gasteiger partial charge in [-0.05, 0) is 55.4 Å². The summed E-state index contributed by atoms with van der Waals surface area (Å²) >= 11 is 0. The molecule has 6 nitrogen and oxygen atoms in total. The average molecular weight is 428 g/mol. The molecular weight excluding hydrogens is 394 g/mol. The van der Waals surface area contributed by atoms with Gasteiger partial charge in [-0.1, -0.05) is 39.3 Å². The molecule has 168 valence electrons. The summed E-state index contributed by atoms with van der Waals surface area (Å²) in [6.07, 6.45) is 6.35. The summed E-state index contributed by atoms with van der Waals surface area (Å²) < 4.78 is 6.26. The lowest BCUT2D eigenvalue weighted by atomic mass is 9.53. The molecule has 0 spiro atoms. The molecule has 0 bridgehead atoms. The van der Waals surface area contributed by atoms with Gasteiger partial charge in [0.05, 0.1) is 10.3 Å². The highest BCUT2D eigenvalue weighted by Gasteiger charge is 2.58. The summed E-state index contributed by atoms with van der Waals surface area (Å²) in [6.45, 7) is 6.49. The van der Waals surface area contributed by atoms with E-state index < -0.39 is 5.41 Å². The van der Waals surface area contributed by atoms with Gasteiger partial charge in [-0.2, -0.15) is 0 Å². The molecular formula is C25H33NO5. The van der Waals surface area contributed by atoms with Crippen LogP contribution in [0.1, 0.15) is 77.7 Å². The summed E-state index contributed by atoms with van der Waals surface area (Å²) in [5.74, 6) is 0.526. The number of hydrogen-bond acceptors (Lipinski definition) is 5. The van der Waals surface area contributed by atoms with E-state index in [-0.39, 0.29) is 45.7 Å². The minimum atomic E-state index is -0.585. The molecule has 0 N–H and O–H groups in total. The Morgan fingerprint density at radius 1 is 1.16 bits per heavy atom. The normalized spacial score (nSPS) is 33.2. The number of rotatable bonds is 5. The van der Waals surface area contributed by atoms with Crippen LogP contribution in [0.3, 0.4) is 0 Å². The first-order chi connectivity index (χ1) is 14.6. The van der Waals surface area contributed by atoms with Crippen molar-refractivity contribution < 1.29 is 19.2 Å². The van der Waals surface area contributed by atoms with Crippen LogP contribution in [0.2, 0.25) is 0 Å². The number of carbonyl (C=O) groups is 2. The SMILES string of the molecule is C[C@@H]1CC[C@@H](C(C)(C)c2ccc([N+](=O)[O-])cc2)[C@H](OC(=O)[C@@]23CCCC(=O)[C@@H]2CC3)C1. The van der Waals surface area contributed by atoms with Crippen molar-refractivity contribution in [1.29, 1.82) is 0 Å². The molecule has 0 amide bonds. The third-order valence-corrected chi connectivity index (χ3v) is 8.45. The number of carbonyl (C=O) groups excluding carboxylic acids is 2. The molecule has 5 atom stereocenters. The number of non-ortho nitro benzene ring substituents is 1. The molecule has 0 unspecified atom stereocenters.